The van der Waals surface area contributed by atoms with Crippen molar-refractivity contribution in [2.45, 2.75) is 40.2 Å². The fraction of sp³-hybridized carbons (Fsp3) is 0.750. The number of hydrazine groups is 1. The highest BCUT2D eigenvalue weighted by atomic mass is 19.3. The fourth-order valence-electron chi connectivity index (χ4n) is 0.378. The Labute approximate surface area is 78.4 Å². The van der Waals surface area contributed by atoms with E-state index in [-0.39, 0.29) is 6.04 Å². The summed E-state index contributed by atoms with van der Waals surface area (Å²) in [4.78, 5) is 0. The van der Waals surface area contributed by atoms with E-state index in [1.807, 2.05) is 13.8 Å². The molecule has 0 bridgehead atoms. The molecule has 0 heterocycles. The summed E-state index contributed by atoms with van der Waals surface area (Å²) in [5.41, 5.74) is 4.43. The first-order valence-corrected chi connectivity index (χ1v) is 4.23. The van der Waals surface area contributed by atoms with Crippen LogP contribution in [-0.2, 0) is 0 Å². The van der Waals surface area contributed by atoms with E-state index < -0.39 is 12.1 Å². The topological polar surface area (TPSA) is 55.3 Å². The van der Waals surface area contributed by atoms with Crippen LogP contribution in [0.1, 0.15) is 27.7 Å². The molecular weight excluding hydrogens is 176 g/mol. The number of rotatable bonds is 3. The van der Waals surface area contributed by atoms with Crippen molar-refractivity contribution in [2.24, 2.45) is 11.6 Å². The Kier molecular flexibility index (Phi) is 8.79. The number of hydrogen-bond acceptors (Lipinski definition) is 3. The van der Waals surface area contributed by atoms with E-state index >= 15 is 0 Å². The third kappa shape index (κ3) is 7.52. The summed E-state index contributed by atoms with van der Waals surface area (Å²) in [5.74, 6) is 5.30. The lowest BCUT2D eigenvalue weighted by atomic mass is 10.4. The third-order valence-corrected chi connectivity index (χ3v) is 1.15. The minimum atomic E-state index is -2.64. The van der Waals surface area contributed by atoms with Gasteiger partial charge in [-0.25, -0.2) is 14.6 Å². The van der Waals surface area contributed by atoms with E-state index in [1.54, 1.807) is 13.8 Å². The van der Waals surface area contributed by atoms with Crippen molar-refractivity contribution in [3.05, 3.63) is 11.9 Å². The van der Waals surface area contributed by atoms with Gasteiger partial charge < -0.3 is 10.7 Å². The number of nitrogens with two attached hydrogens (primary N) is 2. The molecule has 80 valence electrons. The first-order valence-electron chi connectivity index (χ1n) is 4.23. The van der Waals surface area contributed by atoms with Crippen LogP contribution in [0.2, 0.25) is 0 Å². The molecule has 0 aliphatic carbocycles. The molecule has 0 fully saturated rings. The predicted molar refractivity (Wildman–Crippen MR) is 50.8 cm³/mol. The van der Waals surface area contributed by atoms with Crippen molar-refractivity contribution in [2.75, 3.05) is 0 Å². The van der Waals surface area contributed by atoms with Crippen molar-refractivity contribution in [1.82, 2.24) is 5.01 Å². The molecule has 0 amide bonds. The zero-order valence-corrected chi connectivity index (χ0v) is 8.59. The Morgan fingerprint density at radius 2 is 1.69 bits per heavy atom. The van der Waals surface area contributed by atoms with E-state index in [0.29, 0.717) is 0 Å². The Bertz CT molecular complexity index is 146. The first-order chi connectivity index (χ1) is 5.95. The van der Waals surface area contributed by atoms with Gasteiger partial charge in [-0.1, -0.05) is 13.8 Å². The van der Waals surface area contributed by atoms with E-state index in [9.17, 15) is 8.78 Å². The van der Waals surface area contributed by atoms with Crippen LogP contribution >= 0.6 is 0 Å². The van der Waals surface area contributed by atoms with Gasteiger partial charge in [-0.2, -0.15) is 0 Å². The number of nitrogens with zero attached hydrogens (tertiary/aromatic N) is 1. The molecule has 0 aliphatic rings. The van der Waals surface area contributed by atoms with Gasteiger partial charge in [0, 0.05) is 12.2 Å². The van der Waals surface area contributed by atoms with Gasteiger partial charge in [0.05, 0.1) is 5.70 Å². The van der Waals surface area contributed by atoms with Crippen LogP contribution in [0.25, 0.3) is 0 Å². The average molecular weight is 195 g/mol. The molecule has 0 spiro atoms. The van der Waals surface area contributed by atoms with Crippen LogP contribution in [0, 0.1) is 0 Å². The van der Waals surface area contributed by atoms with Crippen LogP contribution in [0.3, 0.4) is 0 Å². The molecule has 3 nitrogen and oxygen atoms in total. The largest absolute Gasteiger partial charge is 0.396 e. The molecule has 4 N–H and O–H groups in total. The molecule has 0 saturated heterocycles. The Morgan fingerprint density at radius 3 is 1.92 bits per heavy atom. The SMILES string of the molecule is CC.CC(C)N(N)/C=C(\N)C(F)F. The zero-order chi connectivity index (χ0) is 11.0. The second kappa shape index (κ2) is 7.79. The van der Waals surface area contributed by atoms with E-state index in [2.05, 4.69) is 0 Å². The van der Waals surface area contributed by atoms with Gasteiger partial charge in [-0.3, -0.25) is 0 Å². The minimum absolute atomic E-state index is 0.0349. The first kappa shape index (κ1) is 14.7. The summed E-state index contributed by atoms with van der Waals surface area (Å²) in [7, 11) is 0. The van der Waals surface area contributed by atoms with E-state index in [4.69, 9.17) is 11.6 Å². The van der Waals surface area contributed by atoms with Gasteiger partial charge >= 0.3 is 0 Å². The smallest absolute Gasteiger partial charge is 0.279 e. The van der Waals surface area contributed by atoms with Crippen molar-refractivity contribution in [3.63, 3.8) is 0 Å². The number of allylic oxidation sites excluding steroid dienone is 1. The van der Waals surface area contributed by atoms with Crippen LogP contribution in [0.15, 0.2) is 11.9 Å². The van der Waals surface area contributed by atoms with E-state index in [0.717, 1.165) is 11.2 Å². The normalized spacial score (nSPS) is 11.3. The molecule has 0 saturated carbocycles. The predicted octanol–water partition coefficient (Wildman–Crippen LogP) is 1.66. The molecule has 0 rings (SSSR count). The van der Waals surface area contributed by atoms with Gasteiger partial charge in [0.2, 0.25) is 0 Å². The minimum Gasteiger partial charge on any atom is -0.396 e. The molecule has 0 aromatic carbocycles. The summed E-state index contributed by atoms with van der Waals surface area (Å²) >= 11 is 0. The molecule has 0 unspecified atom stereocenters. The fourth-order valence-corrected chi connectivity index (χ4v) is 0.378. The second-order valence-corrected chi connectivity index (χ2v) is 2.47. The molecule has 0 aromatic heterocycles. The lowest BCUT2D eigenvalue weighted by molar-refractivity contribution is 0.182. The Morgan fingerprint density at radius 1 is 1.31 bits per heavy atom. The summed E-state index contributed by atoms with van der Waals surface area (Å²) in [6, 6.07) is -0.0349. The molecule has 0 aromatic rings. The summed E-state index contributed by atoms with van der Waals surface area (Å²) < 4.78 is 23.6. The molecule has 13 heavy (non-hydrogen) atoms. The van der Waals surface area contributed by atoms with E-state index in [1.165, 1.54) is 0 Å². The maximum atomic E-state index is 11.8. The summed E-state index contributed by atoms with van der Waals surface area (Å²) in [6.45, 7) is 7.55. The lowest BCUT2D eigenvalue weighted by Gasteiger charge is -2.18. The van der Waals surface area contributed by atoms with Gasteiger partial charge in [-0.15, -0.1) is 0 Å². The monoisotopic (exact) mass is 195 g/mol. The Hall–Kier alpha value is -0.840. The second-order valence-electron chi connectivity index (χ2n) is 2.47. The standard InChI is InChI=1S/C6H13F2N3.C2H6/c1-4(2)11(10)3-5(9)6(7)8;1-2/h3-4,6H,9-10H2,1-2H3;1-2H3/b5-3-;. The van der Waals surface area contributed by atoms with Gasteiger partial charge in [0.25, 0.3) is 6.43 Å². The van der Waals surface area contributed by atoms with Crippen LogP contribution in [0.4, 0.5) is 8.78 Å². The molecule has 5 heteroatoms. The molecule has 0 atom stereocenters. The van der Waals surface area contributed by atoms with Crippen LogP contribution in [-0.4, -0.2) is 17.5 Å². The third-order valence-electron chi connectivity index (χ3n) is 1.15. The van der Waals surface area contributed by atoms with Crippen LogP contribution < -0.4 is 11.6 Å². The van der Waals surface area contributed by atoms with Crippen molar-refractivity contribution >= 4 is 0 Å². The summed E-state index contributed by atoms with van der Waals surface area (Å²) in [6.07, 6.45) is -1.60. The van der Waals surface area contributed by atoms with Gasteiger partial charge in [-0.05, 0) is 13.8 Å². The maximum Gasteiger partial charge on any atom is 0.279 e. The average Bonchev–Trinajstić information content (AvgIpc) is 2.07. The highest BCUT2D eigenvalue weighted by molar-refractivity contribution is 4.98. The highest BCUT2D eigenvalue weighted by Gasteiger charge is 2.08. The number of halogens is 2. The molecule has 0 radical (unpaired) electrons. The lowest BCUT2D eigenvalue weighted by Crippen LogP contribution is -2.33. The highest BCUT2D eigenvalue weighted by Crippen LogP contribution is 2.02. The zero-order valence-electron chi connectivity index (χ0n) is 8.59. The number of alkyl halides is 2. The van der Waals surface area contributed by atoms with Gasteiger partial charge in [0.1, 0.15) is 0 Å². The Balaban J connectivity index is 0. The van der Waals surface area contributed by atoms with Crippen molar-refractivity contribution in [1.29, 1.82) is 0 Å². The van der Waals surface area contributed by atoms with Crippen molar-refractivity contribution in [3.8, 4) is 0 Å². The number of hydrogen-bond donors (Lipinski definition) is 2. The quantitative estimate of drug-likeness (QED) is 0.532. The summed E-state index contributed by atoms with van der Waals surface area (Å²) in [5, 5.41) is 1.14. The molecular formula is C8H19F2N3. The van der Waals surface area contributed by atoms with Crippen molar-refractivity contribution < 1.29 is 8.78 Å². The van der Waals surface area contributed by atoms with Gasteiger partial charge in [0.15, 0.2) is 0 Å². The molecule has 0 aliphatic heterocycles. The maximum absolute atomic E-state index is 11.8. The van der Waals surface area contributed by atoms with Crippen LogP contribution in [0.5, 0.6) is 0 Å².